The lowest BCUT2D eigenvalue weighted by Gasteiger charge is -2.21. The zero-order valence-electron chi connectivity index (χ0n) is 5.76. The Morgan fingerprint density at radius 2 is 1.75 bits per heavy atom. The molecule has 0 aromatic carbocycles. The van der Waals surface area contributed by atoms with Gasteiger partial charge in [0, 0.05) is 0 Å². The second-order valence-electron chi connectivity index (χ2n) is 1.83. The smallest absolute Gasteiger partial charge is 0.120 e. The summed E-state index contributed by atoms with van der Waals surface area (Å²) in [6, 6.07) is 0. The van der Waals surface area contributed by atoms with E-state index in [1.807, 2.05) is 14.1 Å². The van der Waals surface area contributed by atoms with Gasteiger partial charge in [-0.1, -0.05) is 4.76 Å². The highest BCUT2D eigenvalue weighted by Gasteiger charge is 2.11. The van der Waals surface area contributed by atoms with E-state index in [1.165, 1.54) is 0 Å². The molecule has 0 aliphatic rings. The number of hydrogen-bond acceptors (Lipinski definition) is 3. The SMILES string of the molecule is CON[N+](C)(C)OC. The first-order valence-electron chi connectivity index (χ1n) is 2.32. The normalized spacial score (nSPS) is 12.0. The third kappa shape index (κ3) is 2.92. The Balaban J connectivity index is 3.37. The third-order valence-electron chi connectivity index (χ3n) is 0.768. The van der Waals surface area contributed by atoms with Gasteiger partial charge in [-0.3, -0.25) is 4.84 Å². The minimum absolute atomic E-state index is 0.191. The molecule has 0 aliphatic carbocycles. The van der Waals surface area contributed by atoms with Gasteiger partial charge in [0.15, 0.2) is 0 Å². The molecule has 0 spiro atoms. The van der Waals surface area contributed by atoms with E-state index in [9.17, 15) is 0 Å². The quantitative estimate of drug-likeness (QED) is 0.410. The second kappa shape index (κ2) is 2.99. The van der Waals surface area contributed by atoms with Gasteiger partial charge in [0.2, 0.25) is 0 Å². The monoisotopic (exact) mass is 121 g/mol. The van der Waals surface area contributed by atoms with E-state index in [0.29, 0.717) is 0 Å². The molecule has 0 bridgehead atoms. The van der Waals surface area contributed by atoms with E-state index in [-0.39, 0.29) is 4.76 Å². The summed E-state index contributed by atoms with van der Waals surface area (Å²) in [4.78, 5) is 9.47. The molecule has 0 fully saturated rings. The van der Waals surface area contributed by atoms with Crippen LogP contribution in [0, 0.1) is 0 Å². The Morgan fingerprint density at radius 1 is 1.25 bits per heavy atom. The molecule has 0 rings (SSSR count). The Morgan fingerprint density at radius 3 is 1.88 bits per heavy atom. The molecule has 0 amide bonds. The molecule has 0 aromatic heterocycles. The Labute approximate surface area is 49.5 Å². The van der Waals surface area contributed by atoms with E-state index in [2.05, 4.69) is 10.4 Å². The van der Waals surface area contributed by atoms with Crippen molar-refractivity contribution in [2.45, 2.75) is 0 Å². The van der Waals surface area contributed by atoms with Gasteiger partial charge in [0.25, 0.3) is 0 Å². The number of rotatable bonds is 3. The lowest BCUT2D eigenvalue weighted by Crippen LogP contribution is -2.49. The van der Waals surface area contributed by atoms with Crippen LogP contribution in [-0.2, 0) is 9.68 Å². The molecule has 0 aromatic rings. The van der Waals surface area contributed by atoms with Crippen LogP contribution in [0.4, 0.5) is 0 Å². The third-order valence-corrected chi connectivity index (χ3v) is 0.768. The highest BCUT2D eigenvalue weighted by atomic mass is 16.8. The Hall–Kier alpha value is -0.160. The molecule has 1 N–H and O–H groups in total. The standard InChI is InChI=1S/C4H13N2O2/c1-6(2,8-4)5-7-3/h5H,1-4H3/q+1. The lowest BCUT2D eigenvalue weighted by atomic mass is 11.1. The summed E-state index contributed by atoms with van der Waals surface area (Å²) >= 11 is 0. The van der Waals surface area contributed by atoms with Crippen LogP contribution in [0.3, 0.4) is 0 Å². The fraction of sp³-hybridized carbons (Fsp3) is 1.00. The van der Waals surface area contributed by atoms with Gasteiger partial charge in [-0.15, -0.1) is 0 Å². The van der Waals surface area contributed by atoms with Crippen molar-refractivity contribution in [1.82, 2.24) is 5.59 Å². The van der Waals surface area contributed by atoms with Gasteiger partial charge >= 0.3 is 0 Å². The molecule has 50 valence electrons. The first-order valence-corrected chi connectivity index (χ1v) is 2.32. The summed E-state index contributed by atoms with van der Waals surface area (Å²) < 4.78 is 0.191. The summed E-state index contributed by atoms with van der Waals surface area (Å²) in [6.45, 7) is 0. The van der Waals surface area contributed by atoms with Crippen molar-refractivity contribution in [2.75, 3.05) is 28.3 Å². The number of hydrogen-bond donors (Lipinski definition) is 1. The summed E-state index contributed by atoms with van der Waals surface area (Å²) in [5, 5.41) is 0. The van der Waals surface area contributed by atoms with E-state index in [1.54, 1.807) is 14.2 Å². The van der Waals surface area contributed by atoms with Crippen molar-refractivity contribution in [3.05, 3.63) is 0 Å². The van der Waals surface area contributed by atoms with Crippen molar-refractivity contribution in [3.63, 3.8) is 0 Å². The Kier molecular flexibility index (Phi) is 2.93. The van der Waals surface area contributed by atoms with E-state index in [4.69, 9.17) is 4.84 Å². The van der Waals surface area contributed by atoms with Crippen LogP contribution in [0.15, 0.2) is 0 Å². The van der Waals surface area contributed by atoms with Crippen LogP contribution in [-0.4, -0.2) is 33.1 Å². The first-order chi connectivity index (χ1) is 3.62. The number of nitrogens with zero attached hydrogens (tertiary/aromatic N) is 1. The summed E-state index contributed by atoms with van der Waals surface area (Å²) in [7, 11) is 6.75. The molecule has 4 nitrogen and oxygen atoms in total. The molecule has 0 saturated carbocycles. The molecular formula is C4H13N2O2+. The Bertz CT molecular complexity index is 65.1. The topological polar surface area (TPSA) is 30.5 Å². The second-order valence-corrected chi connectivity index (χ2v) is 1.83. The fourth-order valence-electron chi connectivity index (χ4n) is 0.257. The predicted molar refractivity (Wildman–Crippen MR) is 29.3 cm³/mol. The highest BCUT2D eigenvalue weighted by molar-refractivity contribution is 3.78. The van der Waals surface area contributed by atoms with Crippen LogP contribution in [0.5, 0.6) is 0 Å². The van der Waals surface area contributed by atoms with Crippen LogP contribution in [0.1, 0.15) is 0 Å². The number of hydroxylamine groups is 2. The van der Waals surface area contributed by atoms with Crippen LogP contribution < -0.4 is 5.59 Å². The molecule has 0 unspecified atom stereocenters. The maximum Gasteiger partial charge on any atom is 0.120 e. The van der Waals surface area contributed by atoms with Gasteiger partial charge in [0.1, 0.15) is 14.1 Å². The van der Waals surface area contributed by atoms with Crippen molar-refractivity contribution in [3.8, 4) is 0 Å². The minimum atomic E-state index is 0.191. The molecule has 0 aliphatic heterocycles. The van der Waals surface area contributed by atoms with E-state index < -0.39 is 0 Å². The molecule has 4 heteroatoms. The van der Waals surface area contributed by atoms with Gasteiger partial charge in [-0.2, -0.15) is 4.84 Å². The van der Waals surface area contributed by atoms with Gasteiger partial charge in [-0.25, -0.2) is 0 Å². The predicted octanol–water partition coefficient (Wildman–Crippen LogP) is -0.310. The molecule has 0 heterocycles. The summed E-state index contributed by atoms with van der Waals surface area (Å²) in [6.07, 6.45) is 0. The zero-order valence-corrected chi connectivity index (χ0v) is 5.76. The zero-order chi connectivity index (χ0) is 6.62. The summed E-state index contributed by atoms with van der Waals surface area (Å²) in [5.74, 6) is 0. The molecule has 0 saturated heterocycles. The van der Waals surface area contributed by atoms with Crippen molar-refractivity contribution < 1.29 is 14.4 Å². The lowest BCUT2D eigenvalue weighted by molar-refractivity contribution is -1.13. The van der Waals surface area contributed by atoms with Crippen LogP contribution >= 0.6 is 0 Å². The van der Waals surface area contributed by atoms with Crippen molar-refractivity contribution in [1.29, 1.82) is 0 Å². The van der Waals surface area contributed by atoms with Gasteiger partial charge in [-0.05, 0) is 5.59 Å². The molecule has 0 atom stereocenters. The largest absolute Gasteiger partial charge is 0.257 e. The van der Waals surface area contributed by atoms with E-state index >= 15 is 0 Å². The molecular weight excluding hydrogens is 108 g/mol. The van der Waals surface area contributed by atoms with Crippen molar-refractivity contribution >= 4 is 0 Å². The van der Waals surface area contributed by atoms with Crippen molar-refractivity contribution in [2.24, 2.45) is 0 Å². The molecule has 0 radical (unpaired) electrons. The summed E-state index contributed by atoms with van der Waals surface area (Å²) in [5.41, 5.74) is 2.59. The average Bonchev–Trinajstić information content (AvgIpc) is 1.67. The number of nitrogens with one attached hydrogen (secondary N) is 1. The average molecular weight is 121 g/mol. The highest BCUT2D eigenvalue weighted by Crippen LogP contribution is 1.86. The van der Waals surface area contributed by atoms with Crippen LogP contribution in [0.25, 0.3) is 0 Å². The molecule has 8 heavy (non-hydrogen) atoms. The first kappa shape index (κ1) is 7.84. The van der Waals surface area contributed by atoms with Gasteiger partial charge in [0.05, 0.1) is 14.2 Å². The fourth-order valence-corrected chi connectivity index (χ4v) is 0.257. The van der Waals surface area contributed by atoms with E-state index in [0.717, 1.165) is 0 Å². The minimum Gasteiger partial charge on any atom is -0.257 e. The van der Waals surface area contributed by atoms with Gasteiger partial charge < -0.3 is 0 Å². The number of quaternary nitrogens is 1. The van der Waals surface area contributed by atoms with Crippen LogP contribution in [0.2, 0.25) is 0 Å². The maximum atomic E-state index is 4.88. The maximum absolute atomic E-state index is 4.88.